The van der Waals surface area contributed by atoms with E-state index in [2.05, 4.69) is 5.32 Å². The first-order valence-electron chi connectivity index (χ1n) is 5.83. The summed E-state index contributed by atoms with van der Waals surface area (Å²) in [5.74, 6) is 1.89. The molecular weight excluding hydrogens is 246 g/mol. The van der Waals surface area contributed by atoms with Crippen LogP contribution >= 0.6 is 0 Å². The van der Waals surface area contributed by atoms with Gasteiger partial charge in [0.1, 0.15) is 17.2 Å². The fourth-order valence-corrected chi connectivity index (χ4v) is 1.58. The Bertz CT molecular complexity index is 444. The number of amides is 1. The SMILES string of the molecule is COc1cc(OC)c(C=CCNC(C)=O)c(OC)c1. The second-order valence-corrected chi connectivity index (χ2v) is 3.79. The van der Waals surface area contributed by atoms with Crippen molar-refractivity contribution in [1.82, 2.24) is 5.32 Å². The number of nitrogens with one attached hydrogen (secondary N) is 1. The number of rotatable bonds is 6. The molecule has 0 atom stereocenters. The molecule has 1 aromatic rings. The lowest BCUT2D eigenvalue weighted by molar-refractivity contribution is -0.118. The van der Waals surface area contributed by atoms with Gasteiger partial charge in [0.15, 0.2) is 0 Å². The van der Waals surface area contributed by atoms with E-state index >= 15 is 0 Å². The average molecular weight is 265 g/mol. The summed E-state index contributed by atoms with van der Waals surface area (Å²) in [5, 5.41) is 2.68. The molecule has 1 aromatic carbocycles. The highest BCUT2D eigenvalue weighted by Crippen LogP contribution is 2.34. The number of hydrogen-bond donors (Lipinski definition) is 1. The molecule has 5 nitrogen and oxygen atoms in total. The molecule has 0 heterocycles. The highest BCUT2D eigenvalue weighted by atomic mass is 16.5. The van der Waals surface area contributed by atoms with Crippen LogP contribution in [0.5, 0.6) is 17.2 Å². The van der Waals surface area contributed by atoms with Crippen LogP contribution in [0.25, 0.3) is 6.08 Å². The molecule has 0 aliphatic carbocycles. The molecule has 5 heteroatoms. The van der Waals surface area contributed by atoms with Crippen molar-refractivity contribution < 1.29 is 19.0 Å². The Morgan fingerprint density at radius 1 is 1.16 bits per heavy atom. The number of carbonyl (C=O) groups is 1. The normalized spacial score (nSPS) is 10.3. The van der Waals surface area contributed by atoms with Gasteiger partial charge in [-0.2, -0.15) is 0 Å². The highest BCUT2D eigenvalue weighted by molar-refractivity contribution is 5.73. The number of benzene rings is 1. The second kappa shape index (κ2) is 7.31. The van der Waals surface area contributed by atoms with Gasteiger partial charge in [0, 0.05) is 25.6 Å². The summed E-state index contributed by atoms with van der Waals surface area (Å²) in [6, 6.07) is 3.56. The van der Waals surface area contributed by atoms with Crippen LogP contribution in [0.1, 0.15) is 12.5 Å². The van der Waals surface area contributed by atoms with E-state index in [0.29, 0.717) is 23.8 Å². The van der Waals surface area contributed by atoms with Crippen LogP contribution in [-0.2, 0) is 4.79 Å². The Morgan fingerprint density at radius 3 is 2.16 bits per heavy atom. The monoisotopic (exact) mass is 265 g/mol. The number of methoxy groups -OCH3 is 3. The van der Waals surface area contributed by atoms with Gasteiger partial charge in [0.05, 0.1) is 26.9 Å². The Labute approximate surface area is 113 Å². The van der Waals surface area contributed by atoms with E-state index in [1.165, 1.54) is 6.92 Å². The molecule has 0 aliphatic rings. The predicted octanol–water partition coefficient (Wildman–Crippen LogP) is 1.86. The summed E-state index contributed by atoms with van der Waals surface area (Å²) in [6.07, 6.45) is 3.67. The van der Waals surface area contributed by atoms with Crippen LogP contribution in [-0.4, -0.2) is 33.8 Å². The maximum atomic E-state index is 10.8. The quantitative estimate of drug-likeness (QED) is 0.853. The predicted molar refractivity (Wildman–Crippen MR) is 73.8 cm³/mol. The van der Waals surface area contributed by atoms with Crippen LogP contribution in [0.2, 0.25) is 0 Å². The maximum Gasteiger partial charge on any atom is 0.217 e. The minimum absolute atomic E-state index is 0.0710. The second-order valence-electron chi connectivity index (χ2n) is 3.79. The summed E-state index contributed by atoms with van der Waals surface area (Å²) >= 11 is 0. The molecule has 1 amide bonds. The van der Waals surface area contributed by atoms with Crippen molar-refractivity contribution in [2.24, 2.45) is 0 Å². The summed E-state index contributed by atoms with van der Waals surface area (Å²) in [4.78, 5) is 10.8. The largest absolute Gasteiger partial charge is 0.496 e. The summed E-state index contributed by atoms with van der Waals surface area (Å²) < 4.78 is 15.8. The van der Waals surface area contributed by atoms with E-state index in [-0.39, 0.29) is 5.91 Å². The topological polar surface area (TPSA) is 56.8 Å². The fraction of sp³-hybridized carbons (Fsp3) is 0.357. The van der Waals surface area contributed by atoms with E-state index in [9.17, 15) is 4.79 Å². The standard InChI is InChI=1S/C14H19NO4/c1-10(16)15-7-5-6-12-13(18-3)8-11(17-2)9-14(12)19-4/h5-6,8-9H,7H2,1-4H3,(H,15,16). The van der Waals surface area contributed by atoms with Gasteiger partial charge in [-0.05, 0) is 6.08 Å². The zero-order chi connectivity index (χ0) is 14.3. The minimum atomic E-state index is -0.0710. The highest BCUT2D eigenvalue weighted by Gasteiger charge is 2.10. The van der Waals surface area contributed by atoms with E-state index < -0.39 is 0 Å². The molecule has 0 unspecified atom stereocenters. The molecule has 104 valence electrons. The molecule has 19 heavy (non-hydrogen) atoms. The van der Waals surface area contributed by atoms with Crippen LogP contribution < -0.4 is 19.5 Å². The lowest BCUT2D eigenvalue weighted by Crippen LogP contribution is -2.19. The third kappa shape index (κ3) is 4.21. The third-order valence-electron chi connectivity index (χ3n) is 2.51. The fourth-order valence-electron chi connectivity index (χ4n) is 1.58. The molecule has 0 aliphatic heterocycles. The smallest absolute Gasteiger partial charge is 0.217 e. The Kier molecular flexibility index (Phi) is 5.73. The molecule has 1 rings (SSSR count). The maximum absolute atomic E-state index is 10.8. The molecule has 0 bridgehead atoms. The molecule has 0 saturated carbocycles. The van der Waals surface area contributed by atoms with Crippen LogP contribution in [0.4, 0.5) is 0 Å². The van der Waals surface area contributed by atoms with E-state index in [1.54, 1.807) is 33.5 Å². The minimum Gasteiger partial charge on any atom is -0.496 e. The van der Waals surface area contributed by atoms with Crippen molar-refractivity contribution in [2.45, 2.75) is 6.92 Å². The van der Waals surface area contributed by atoms with Crippen LogP contribution in [0.15, 0.2) is 18.2 Å². The first kappa shape index (κ1) is 14.9. The Hall–Kier alpha value is -2.17. The lowest BCUT2D eigenvalue weighted by atomic mass is 10.1. The molecule has 0 radical (unpaired) electrons. The summed E-state index contributed by atoms with van der Waals surface area (Å²) in [5.41, 5.74) is 0.802. The van der Waals surface area contributed by atoms with Gasteiger partial charge in [0.25, 0.3) is 0 Å². The molecular formula is C14H19NO4. The molecule has 1 N–H and O–H groups in total. The van der Waals surface area contributed by atoms with E-state index in [4.69, 9.17) is 14.2 Å². The van der Waals surface area contributed by atoms with Crippen molar-refractivity contribution in [2.75, 3.05) is 27.9 Å². The first-order valence-corrected chi connectivity index (χ1v) is 5.83. The van der Waals surface area contributed by atoms with Crippen molar-refractivity contribution in [3.8, 4) is 17.2 Å². The molecule has 0 spiro atoms. The van der Waals surface area contributed by atoms with Crippen molar-refractivity contribution in [3.63, 3.8) is 0 Å². The summed E-state index contributed by atoms with van der Waals surface area (Å²) in [6.45, 7) is 1.93. The Balaban J connectivity index is 3.00. The number of carbonyl (C=O) groups excluding carboxylic acids is 1. The van der Waals surface area contributed by atoms with Crippen LogP contribution in [0.3, 0.4) is 0 Å². The molecule has 0 aromatic heterocycles. The average Bonchev–Trinajstić information content (AvgIpc) is 2.42. The van der Waals surface area contributed by atoms with Crippen LogP contribution in [0, 0.1) is 0 Å². The zero-order valence-electron chi connectivity index (χ0n) is 11.6. The zero-order valence-corrected chi connectivity index (χ0v) is 11.6. The lowest BCUT2D eigenvalue weighted by Gasteiger charge is -2.12. The van der Waals surface area contributed by atoms with Gasteiger partial charge in [-0.25, -0.2) is 0 Å². The third-order valence-corrected chi connectivity index (χ3v) is 2.51. The first-order chi connectivity index (χ1) is 9.12. The van der Waals surface area contributed by atoms with Crippen molar-refractivity contribution in [1.29, 1.82) is 0 Å². The van der Waals surface area contributed by atoms with Gasteiger partial charge in [-0.1, -0.05) is 6.08 Å². The van der Waals surface area contributed by atoms with E-state index in [0.717, 1.165) is 5.56 Å². The van der Waals surface area contributed by atoms with Gasteiger partial charge in [-0.15, -0.1) is 0 Å². The van der Waals surface area contributed by atoms with Crippen molar-refractivity contribution >= 4 is 12.0 Å². The number of ether oxygens (including phenoxy) is 3. The Morgan fingerprint density at radius 2 is 1.74 bits per heavy atom. The number of hydrogen-bond acceptors (Lipinski definition) is 4. The summed E-state index contributed by atoms with van der Waals surface area (Å²) in [7, 11) is 4.75. The van der Waals surface area contributed by atoms with Gasteiger partial charge in [-0.3, -0.25) is 4.79 Å². The van der Waals surface area contributed by atoms with Gasteiger partial charge >= 0.3 is 0 Å². The van der Waals surface area contributed by atoms with Gasteiger partial charge in [0.2, 0.25) is 5.91 Å². The van der Waals surface area contributed by atoms with E-state index in [1.807, 2.05) is 12.2 Å². The molecule has 0 fully saturated rings. The van der Waals surface area contributed by atoms with Crippen molar-refractivity contribution in [3.05, 3.63) is 23.8 Å². The molecule has 0 saturated heterocycles. The van der Waals surface area contributed by atoms with Gasteiger partial charge < -0.3 is 19.5 Å².